The van der Waals surface area contributed by atoms with Crippen LogP contribution in [-0.4, -0.2) is 43.5 Å². The summed E-state index contributed by atoms with van der Waals surface area (Å²) in [6.45, 7) is -2.82. The molecule has 3 aromatic rings. The third-order valence-corrected chi connectivity index (χ3v) is 5.40. The van der Waals surface area contributed by atoms with E-state index in [9.17, 15) is 17.2 Å². The zero-order chi connectivity index (χ0) is 21.0. The fourth-order valence-corrected chi connectivity index (χ4v) is 4.05. The Kier molecular flexibility index (Phi) is 6.07. The second-order valence-electron chi connectivity index (χ2n) is 6.60. The Bertz CT molecular complexity index is 1110. The lowest BCUT2D eigenvalue weighted by atomic mass is 9.96. The van der Waals surface area contributed by atoms with Crippen LogP contribution in [0, 0.1) is 0 Å². The minimum absolute atomic E-state index is 0.0575. The van der Waals surface area contributed by atoms with E-state index in [0.29, 0.717) is 22.2 Å². The van der Waals surface area contributed by atoms with Crippen molar-refractivity contribution in [1.82, 2.24) is 14.7 Å². The van der Waals surface area contributed by atoms with E-state index in [2.05, 4.69) is 9.50 Å². The van der Waals surface area contributed by atoms with Crippen LogP contribution in [0.5, 0.6) is 0 Å². The van der Waals surface area contributed by atoms with Crippen molar-refractivity contribution in [2.45, 2.75) is 17.9 Å². The molecule has 6 nitrogen and oxygen atoms in total. The summed E-state index contributed by atoms with van der Waals surface area (Å²) < 4.78 is 56.0. The summed E-state index contributed by atoms with van der Waals surface area (Å²) in [7, 11) is -0.754. The minimum Gasteiger partial charge on any atom is -0.368 e. The molecule has 152 valence electrons. The van der Waals surface area contributed by atoms with Crippen molar-refractivity contribution >= 4 is 16.4 Å². The van der Waals surface area contributed by atoms with Gasteiger partial charge < -0.3 is 4.90 Å². The first-order valence-corrected chi connectivity index (χ1v) is 10.2. The molecule has 0 amide bonds. The molecule has 1 heterocycles. The van der Waals surface area contributed by atoms with Gasteiger partial charge in [-0.2, -0.15) is 22.3 Å². The number of sulfonamides is 1. The van der Waals surface area contributed by atoms with Crippen molar-refractivity contribution in [1.29, 1.82) is 0 Å². The quantitative estimate of drug-likeness (QED) is 0.432. The van der Waals surface area contributed by atoms with Crippen LogP contribution < -0.4 is 0 Å². The second-order valence-corrected chi connectivity index (χ2v) is 8.20. The minimum atomic E-state index is -4.06. The SMILES string of the molecule is CN(C)C=NS(=O)(=O)c1cccc(Cc2ccccc2)c1-c1cnn(C(F)F)c1. The molecule has 29 heavy (non-hydrogen) atoms. The van der Waals surface area contributed by atoms with Gasteiger partial charge in [-0.3, -0.25) is 0 Å². The topological polar surface area (TPSA) is 67.6 Å². The third kappa shape index (κ3) is 4.86. The van der Waals surface area contributed by atoms with Gasteiger partial charge in [0.25, 0.3) is 10.0 Å². The average molecular weight is 418 g/mol. The van der Waals surface area contributed by atoms with Crippen molar-refractivity contribution in [3.8, 4) is 11.1 Å². The van der Waals surface area contributed by atoms with Crippen molar-refractivity contribution in [3.63, 3.8) is 0 Å². The molecule has 0 radical (unpaired) electrons. The predicted octanol–water partition coefficient (Wildman–Crippen LogP) is 3.81. The fraction of sp³-hybridized carbons (Fsp3) is 0.200. The smallest absolute Gasteiger partial charge is 0.333 e. The standard InChI is InChI=1S/C20H20F2N4O2S/c1-25(2)14-24-29(27,28)18-10-6-9-16(11-15-7-4-3-5-8-15)19(18)17-12-23-26(13-17)20(21)22/h3-10,12-14,20H,11H2,1-2H3. The Labute approximate surface area is 168 Å². The van der Waals surface area contributed by atoms with E-state index in [4.69, 9.17) is 0 Å². The van der Waals surface area contributed by atoms with E-state index in [1.807, 2.05) is 30.3 Å². The highest BCUT2D eigenvalue weighted by Gasteiger charge is 2.23. The lowest BCUT2D eigenvalue weighted by Gasteiger charge is -2.13. The lowest BCUT2D eigenvalue weighted by molar-refractivity contribution is 0.0566. The number of hydrogen-bond donors (Lipinski definition) is 0. The molecule has 0 unspecified atom stereocenters. The molecule has 2 aromatic carbocycles. The molecular weight excluding hydrogens is 398 g/mol. The summed E-state index contributed by atoms with van der Waals surface area (Å²) in [5, 5.41) is 3.66. The largest absolute Gasteiger partial charge is 0.368 e. The summed E-state index contributed by atoms with van der Waals surface area (Å²) in [4.78, 5) is 1.44. The zero-order valence-corrected chi connectivity index (χ0v) is 16.7. The van der Waals surface area contributed by atoms with E-state index >= 15 is 0 Å². The van der Waals surface area contributed by atoms with E-state index < -0.39 is 16.6 Å². The van der Waals surface area contributed by atoms with Crippen LogP contribution in [-0.2, 0) is 16.4 Å². The summed E-state index contributed by atoms with van der Waals surface area (Å²) >= 11 is 0. The molecule has 0 spiro atoms. The number of rotatable bonds is 7. The zero-order valence-electron chi connectivity index (χ0n) is 15.9. The van der Waals surface area contributed by atoms with E-state index in [1.165, 1.54) is 23.5 Å². The van der Waals surface area contributed by atoms with Gasteiger partial charge in [-0.15, -0.1) is 4.40 Å². The first kappa shape index (κ1) is 20.7. The predicted molar refractivity (Wildman–Crippen MR) is 108 cm³/mol. The van der Waals surface area contributed by atoms with Gasteiger partial charge >= 0.3 is 6.55 Å². The van der Waals surface area contributed by atoms with Crippen molar-refractivity contribution in [2.24, 2.45) is 4.40 Å². The van der Waals surface area contributed by atoms with Crippen LogP contribution in [0.15, 0.2) is 70.2 Å². The highest BCUT2D eigenvalue weighted by molar-refractivity contribution is 7.90. The Morgan fingerprint density at radius 1 is 1.14 bits per heavy atom. The van der Waals surface area contributed by atoms with Gasteiger partial charge in [-0.1, -0.05) is 42.5 Å². The average Bonchev–Trinajstić information content (AvgIpc) is 3.17. The Hall–Kier alpha value is -3.07. The van der Waals surface area contributed by atoms with Crippen LogP contribution in [0.2, 0.25) is 0 Å². The maximum atomic E-state index is 13.0. The van der Waals surface area contributed by atoms with Crippen LogP contribution in [0.4, 0.5) is 8.78 Å². The van der Waals surface area contributed by atoms with Gasteiger partial charge in [0.15, 0.2) is 0 Å². The summed E-state index contributed by atoms with van der Waals surface area (Å²) in [6.07, 6.45) is 4.00. The molecular formula is C20H20F2N4O2S. The normalized spacial score (nSPS) is 12.0. The van der Waals surface area contributed by atoms with E-state index in [1.54, 1.807) is 26.2 Å². The molecule has 0 saturated heterocycles. The molecule has 3 rings (SSSR count). The molecule has 0 fully saturated rings. The molecule has 0 aliphatic carbocycles. The molecule has 0 aliphatic rings. The Balaban J connectivity index is 2.19. The van der Waals surface area contributed by atoms with Crippen LogP contribution in [0.3, 0.4) is 0 Å². The molecule has 0 saturated carbocycles. The van der Waals surface area contributed by atoms with E-state index in [0.717, 1.165) is 11.8 Å². The number of aromatic nitrogens is 2. The number of alkyl halides is 2. The Morgan fingerprint density at radius 3 is 2.48 bits per heavy atom. The summed E-state index contributed by atoms with van der Waals surface area (Å²) in [5.74, 6) is 0. The highest BCUT2D eigenvalue weighted by atomic mass is 32.2. The van der Waals surface area contributed by atoms with E-state index in [-0.39, 0.29) is 10.5 Å². The molecule has 9 heteroatoms. The number of nitrogens with zero attached hydrogens (tertiary/aromatic N) is 4. The maximum absolute atomic E-state index is 13.0. The maximum Gasteiger partial charge on any atom is 0.333 e. The third-order valence-electron chi connectivity index (χ3n) is 4.13. The Morgan fingerprint density at radius 2 is 1.86 bits per heavy atom. The first-order valence-electron chi connectivity index (χ1n) is 8.73. The van der Waals surface area contributed by atoms with Gasteiger partial charge in [0.2, 0.25) is 0 Å². The lowest BCUT2D eigenvalue weighted by Crippen LogP contribution is -2.11. The fourth-order valence-electron chi connectivity index (χ4n) is 2.87. The van der Waals surface area contributed by atoms with Gasteiger partial charge in [-0.25, -0.2) is 4.68 Å². The number of hydrogen-bond acceptors (Lipinski definition) is 3. The van der Waals surface area contributed by atoms with Crippen molar-refractivity contribution < 1.29 is 17.2 Å². The summed E-state index contributed by atoms with van der Waals surface area (Å²) in [6, 6.07) is 14.3. The van der Waals surface area contributed by atoms with Gasteiger partial charge in [0.05, 0.1) is 11.1 Å². The molecule has 0 N–H and O–H groups in total. The highest BCUT2D eigenvalue weighted by Crippen LogP contribution is 2.33. The van der Waals surface area contributed by atoms with Crippen LogP contribution >= 0.6 is 0 Å². The van der Waals surface area contributed by atoms with Crippen LogP contribution in [0.25, 0.3) is 11.1 Å². The first-order chi connectivity index (χ1) is 13.8. The number of halogens is 2. The van der Waals surface area contributed by atoms with Gasteiger partial charge in [0, 0.05) is 31.4 Å². The van der Waals surface area contributed by atoms with Crippen molar-refractivity contribution in [2.75, 3.05) is 14.1 Å². The molecule has 1 aromatic heterocycles. The molecule has 0 atom stereocenters. The second kappa shape index (κ2) is 8.52. The number of benzene rings is 2. The van der Waals surface area contributed by atoms with Crippen molar-refractivity contribution in [3.05, 3.63) is 72.1 Å². The summed E-state index contributed by atoms with van der Waals surface area (Å²) in [5.41, 5.74) is 2.24. The molecule has 0 aliphatic heterocycles. The van der Waals surface area contributed by atoms with Gasteiger partial charge in [-0.05, 0) is 23.6 Å². The van der Waals surface area contributed by atoms with Crippen LogP contribution in [0.1, 0.15) is 17.7 Å². The molecule has 0 bridgehead atoms. The monoisotopic (exact) mass is 418 g/mol. The van der Waals surface area contributed by atoms with Gasteiger partial charge in [0.1, 0.15) is 6.34 Å².